The summed E-state index contributed by atoms with van der Waals surface area (Å²) in [4.78, 5) is 0. The van der Waals surface area contributed by atoms with Gasteiger partial charge in [0.1, 0.15) is 0 Å². The molecule has 0 spiro atoms. The van der Waals surface area contributed by atoms with E-state index in [0.717, 1.165) is 23.7 Å². The van der Waals surface area contributed by atoms with Crippen LogP contribution in [-0.2, 0) is 89.5 Å². The fourth-order valence-corrected chi connectivity index (χ4v) is 10.5. The largest absolute Gasteiger partial charge is 0.673 e. The predicted octanol–water partition coefficient (Wildman–Crippen LogP) is 12.2. The topological polar surface area (TPSA) is 113 Å². The van der Waals surface area contributed by atoms with Crippen LogP contribution in [0, 0.1) is 23.7 Å². The quantitative estimate of drug-likeness (QED) is 0.215. The van der Waals surface area contributed by atoms with E-state index in [1.165, 1.54) is 51.4 Å². The van der Waals surface area contributed by atoms with E-state index in [2.05, 4.69) is 111 Å². The van der Waals surface area contributed by atoms with Crippen LogP contribution in [0.3, 0.4) is 0 Å². The molecular formula is C40H72Ag4N8-8. The Morgan fingerprint density at radius 3 is 0.404 bits per heavy atom. The first-order valence-electron chi connectivity index (χ1n) is 19.3. The molecule has 324 valence electrons. The van der Waals surface area contributed by atoms with Crippen molar-refractivity contribution in [2.24, 2.45) is 23.7 Å². The average molecular weight is 1100 g/mol. The van der Waals surface area contributed by atoms with Crippen molar-refractivity contribution in [1.29, 1.82) is 0 Å². The van der Waals surface area contributed by atoms with Crippen LogP contribution in [0.1, 0.15) is 162 Å². The average Bonchev–Trinajstić information content (AvgIpc) is 3.63. The maximum atomic E-state index is 4.71. The molecule has 0 bridgehead atoms. The first kappa shape index (κ1) is 52.7. The summed E-state index contributed by atoms with van der Waals surface area (Å²) in [6.07, 6.45) is 11.1. The minimum absolute atomic E-state index is 0. The van der Waals surface area contributed by atoms with E-state index in [1.807, 2.05) is 0 Å². The molecule has 0 N–H and O–H groups in total. The number of fused-ring (bicyclic) bond motifs is 4. The fraction of sp³-hybridized carbons (Fsp3) is 1.00. The van der Waals surface area contributed by atoms with Crippen molar-refractivity contribution in [3.63, 3.8) is 0 Å². The van der Waals surface area contributed by atoms with Gasteiger partial charge in [0.05, 0.1) is 0 Å². The van der Waals surface area contributed by atoms with Crippen LogP contribution < -0.4 is 0 Å². The number of nitrogens with zero attached hydrogens (tertiary/aromatic N) is 8. The molecule has 4 radical (unpaired) electrons. The van der Waals surface area contributed by atoms with Crippen molar-refractivity contribution >= 4 is 0 Å². The zero-order valence-electron chi connectivity index (χ0n) is 35.1. The van der Waals surface area contributed by atoms with Gasteiger partial charge >= 0.3 is 0 Å². The molecule has 8 aliphatic rings. The maximum Gasteiger partial charge on any atom is 0 e. The zero-order valence-corrected chi connectivity index (χ0v) is 41.0. The van der Waals surface area contributed by atoms with Crippen LogP contribution >= 0.6 is 0 Å². The van der Waals surface area contributed by atoms with Gasteiger partial charge in [-0.3, -0.25) is 0 Å². The second-order valence-electron chi connectivity index (χ2n) is 21.9. The van der Waals surface area contributed by atoms with Crippen molar-refractivity contribution in [2.75, 3.05) is 0 Å². The molecule has 8 rings (SSSR count). The molecule has 8 aliphatic heterocycles. The van der Waals surface area contributed by atoms with E-state index in [-0.39, 0.29) is 134 Å². The predicted molar refractivity (Wildman–Crippen MR) is 206 cm³/mol. The first-order valence-corrected chi connectivity index (χ1v) is 19.3. The summed E-state index contributed by atoms with van der Waals surface area (Å²) in [5, 5.41) is 37.7. The molecule has 0 amide bonds. The molecule has 0 saturated carbocycles. The molecule has 0 atom stereocenters. The van der Waals surface area contributed by atoms with Crippen molar-refractivity contribution < 1.29 is 89.5 Å². The summed E-state index contributed by atoms with van der Waals surface area (Å²) in [7, 11) is 0. The third kappa shape index (κ3) is 14.4. The van der Waals surface area contributed by atoms with Gasteiger partial charge in [-0.25, -0.2) is 24.7 Å². The standard InChI is InChI=1S/4C10H18N2.4Ag/c4*1-9(2)5-7-6-10(3,4)12-8(7)11-9;;;;/h4*7-8H,5-6H2,1-4H3;;;;/q4*-2;;;;. The van der Waals surface area contributed by atoms with Gasteiger partial charge in [-0.2, -0.15) is 0 Å². The fourth-order valence-electron chi connectivity index (χ4n) is 10.5. The molecule has 0 aromatic carbocycles. The molecule has 8 nitrogen and oxygen atoms in total. The summed E-state index contributed by atoms with van der Waals surface area (Å²) in [6.45, 7) is 35.5. The van der Waals surface area contributed by atoms with Crippen molar-refractivity contribution in [1.82, 2.24) is 0 Å². The van der Waals surface area contributed by atoms with E-state index in [1.54, 1.807) is 0 Å². The molecule has 0 aromatic heterocycles. The molecule has 8 heterocycles. The number of hydrogen-bond acceptors (Lipinski definition) is 0. The number of hydrogen-bond donors (Lipinski definition) is 0. The van der Waals surface area contributed by atoms with Gasteiger partial charge in [-0.1, -0.05) is 186 Å². The molecule has 0 aromatic rings. The van der Waals surface area contributed by atoms with Gasteiger partial charge in [0.15, 0.2) is 0 Å². The van der Waals surface area contributed by atoms with Crippen molar-refractivity contribution in [2.45, 2.75) is 231 Å². The summed E-state index contributed by atoms with van der Waals surface area (Å²) < 4.78 is 0. The Morgan fingerprint density at radius 2 is 0.327 bits per heavy atom. The molecular weight excluding hydrogens is 1020 g/mol. The minimum Gasteiger partial charge on any atom is -0.673 e. The van der Waals surface area contributed by atoms with E-state index < -0.39 is 0 Å². The summed E-state index contributed by atoms with van der Waals surface area (Å²) >= 11 is 0. The second kappa shape index (κ2) is 18.1. The second-order valence-corrected chi connectivity index (χ2v) is 21.9. The zero-order chi connectivity index (χ0) is 35.9. The third-order valence-electron chi connectivity index (χ3n) is 11.6. The third-order valence-corrected chi connectivity index (χ3v) is 11.6. The Labute approximate surface area is 383 Å². The smallest absolute Gasteiger partial charge is 0 e. The first-order chi connectivity index (χ1) is 21.5. The molecule has 52 heavy (non-hydrogen) atoms. The Balaban J connectivity index is 0.000000338. The van der Waals surface area contributed by atoms with Crippen LogP contribution in [-0.4, -0.2) is 69.0 Å². The number of rotatable bonds is 0. The molecule has 0 aliphatic carbocycles. The monoisotopic (exact) mass is 1090 g/mol. The van der Waals surface area contributed by atoms with E-state index in [0.29, 0.717) is 24.7 Å². The molecule has 0 unspecified atom stereocenters. The van der Waals surface area contributed by atoms with Crippen molar-refractivity contribution in [3.8, 4) is 0 Å². The summed E-state index contributed by atoms with van der Waals surface area (Å²) in [5.41, 5.74) is 1.52. The van der Waals surface area contributed by atoms with Gasteiger partial charge in [0.2, 0.25) is 0 Å². The Hall–Kier alpha value is 2.64. The van der Waals surface area contributed by atoms with Gasteiger partial charge in [-0.15, -0.1) is 44.3 Å². The van der Waals surface area contributed by atoms with Gasteiger partial charge in [0, 0.05) is 89.5 Å². The Kier molecular flexibility index (Phi) is 18.3. The van der Waals surface area contributed by atoms with Gasteiger partial charge < -0.3 is 42.5 Å². The van der Waals surface area contributed by atoms with E-state index in [9.17, 15) is 0 Å². The van der Waals surface area contributed by atoms with Crippen LogP contribution in [0.15, 0.2) is 0 Å². The summed E-state index contributed by atoms with van der Waals surface area (Å²) in [6, 6.07) is 0. The van der Waals surface area contributed by atoms with Gasteiger partial charge in [0.25, 0.3) is 0 Å². The van der Waals surface area contributed by atoms with Crippen molar-refractivity contribution in [3.05, 3.63) is 42.5 Å². The van der Waals surface area contributed by atoms with Gasteiger partial charge in [-0.05, 0) is 0 Å². The van der Waals surface area contributed by atoms with Crippen LogP contribution in [0.5, 0.6) is 0 Å². The Bertz CT molecular complexity index is 828. The normalized spacial score (nSPS) is 39.7. The van der Waals surface area contributed by atoms with E-state index >= 15 is 0 Å². The minimum atomic E-state index is 0. The molecule has 8 saturated heterocycles. The van der Waals surface area contributed by atoms with Crippen LogP contribution in [0.4, 0.5) is 0 Å². The van der Waals surface area contributed by atoms with Crippen LogP contribution in [0.25, 0.3) is 42.5 Å². The summed E-state index contributed by atoms with van der Waals surface area (Å²) in [5.74, 6) is 2.93. The Morgan fingerprint density at radius 1 is 0.231 bits per heavy atom. The van der Waals surface area contributed by atoms with E-state index in [4.69, 9.17) is 42.5 Å². The molecule has 8 fully saturated rings. The molecule has 12 heteroatoms. The maximum absolute atomic E-state index is 4.71. The van der Waals surface area contributed by atoms with Crippen LogP contribution in [0.2, 0.25) is 0 Å². The SMILES string of the molecule is CC1(C)CC2CC(C)(C)[N-]C2[N-]1.CC1(C)CC2CC(C)(C)[N-]C2[N-]1.CC1(C)CC2CC(C)(C)[N-]C2[N-]1.CC1(C)CC2CC(C)(C)[N-]C2[N-]1.[Ag].[Ag].[Ag].[Ag].